The number of nitrogens with zero attached hydrogens (tertiary/aromatic N) is 1. The molecule has 0 aromatic heterocycles. The SMILES string of the molecule is COc1cc(F)ccc1CC1CCN(C2CCCCC2)C1=O. The van der Waals surface area contributed by atoms with Gasteiger partial charge >= 0.3 is 0 Å². The van der Waals surface area contributed by atoms with Crippen molar-refractivity contribution in [2.45, 2.75) is 51.0 Å². The van der Waals surface area contributed by atoms with E-state index in [2.05, 4.69) is 4.90 Å². The first kappa shape index (κ1) is 15.3. The molecule has 120 valence electrons. The summed E-state index contributed by atoms with van der Waals surface area (Å²) in [5.74, 6) is 0.533. The second-order valence-corrected chi connectivity index (χ2v) is 6.47. The number of hydrogen-bond acceptors (Lipinski definition) is 2. The van der Waals surface area contributed by atoms with Crippen LogP contribution in [0.3, 0.4) is 0 Å². The van der Waals surface area contributed by atoms with E-state index in [1.54, 1.807) is 13.2 Å². The highest BCUT2D eigenvalue weighted by Crippen LogP contribution is 2.32. The summed E-state index contributed by atoms with van der Waals surface area (Å²) in [6, 6.07) is 5.02. The van der Waals surface area contributed by atoms with E-state index in [9.17, 15) is 9.18 Å². The largest absolute Gasteiger partial charge is 0.496 e. The number of rotatable bonds is 4. The molecule has 1 heterocycles. The summed E-state index contributed by atoms with van der Waals surface area (Å²) in [5, 5.41) is 0. The van der Waals surface area contributed by atoms with E-state index in [1.165, 1.54) is 31.4 Å². The van der Waals surface area contributed by atoms with Crippen molar-refractivity contribution < 1.29 is 13.9 Å². The van der Waals surface area contributed by atoms with E-state index in [0.717, 1.165) is 31.4 Å². The summed E-state index contributed by atoms with van der Waals surface area (Å²) >= 11 is 0. The fourth-order valence-corrected chi connectivity index (χ4v) is 3.86. The predicted molar refractivity (Wildman–Crippen MR) is 83.3 cm³/mol. The van der Waals surface area contributed by atoms with E-state index in [1.807, 2.05) is 0 Å². The average molecular weight is 305 g/mol. The highest BCUT2D eigenvalue weighted by Gasteiger charge is 2.36. The lowest BCUT2D eigenvalue weighted by Gasteiger charge is -2.31. The van der Waals surface area contributed by atoms with Crippen molar-refractivity contribution in [1.29, 1.82) is 0 Å². The summed E-state index contributed by atoms with van der Waals surface area (Å²) in [4.78, 5) is 14.8. The maximum absolute atomic E-state index is 13.3. The van der Waals surface area contributed by atoms with Gasteiger partial charge in [-0.05, 0) is 37.3 Å². The van der Waals surface area contributed by atoms with Crippen molar-refractivity contribution in [2.24, 2.45) is 5.92 Å². The van der Waals surface area contributed by atoms with Crippen LogP contribution in [0.4, 0.5) is 4.39 Å². The van der Waals surface area contributed by atoms with Gasteiger partial charge in [-0.25, -0.2) is 4.39 Å². The van der Waals surface area contributed by atoms with E-state index in [0.29, 0.717) is 18.2 Å². The van der Waals surface area contributed by atoms with Crippen LogP contribution < -0.4 is 4.74 Å². The molecule has 0 N–H and O–H groups in total. The number of hydrogen-bond donors (Lipinski definition) is 0. The third-order valence-corrected chi connectivity index (χ3v) is 5.08. The monoisotopic (exact) mass is 305 g/mol. The Hall–Kier alpha value is -1.58. The summed E-state index contributed by atoms with van der Waals surface area (Å²) in [7, 11) is 1.54. The summed E-state index contributed by atoms with van der Waals surface area (Å²) in [5.41, 5.74) is 0.924. The van der Waals surface area contributed by atoms with Crippen molar-refractivity contribution in [3.05, 3.63) is 29.6 Å². The average Bonchev–Trinajstić information content (AvgIpc) is 2.91. The third-order valence-electron chi connectivity index (χ3n) is 5.08. The first-order chi connectivity index (χ1) is 10.7. The van der Waals surface area contributed by atoms with Crippen LogP contribution in [-0.4, -0.2) is 30.5 Å². The van der Waals surface area contributed by atoms with Gasteiger partial charge in [0.2, 0.25) is 5.91 Å². The maximum Gasteiger partial charge on any atom is 0.226 e. The van der Waals surface area contributed by atoms with E-state index in [4.69, 9.17) is 4.74 Å². The van der Waals surface area contributed by atoms with E-state index >= 15 is 0 Å². The zero-order chi connectivity index (χ0) is 15.5. The minimum atomic E-state index is -0.304. The first-order valence-electron chi connectivity index (χ1n) is 8.32. The Bertz CT molecular complexity index is 540. The van der Waals surface area contributed by atoms with Crippen LogP contribution in [0.2, 0.25) is 0 Å². The van der Waals surface area contributed by atoms with Gasteiger partial charge in [0.15, 0.2) is 0 Å². The molecule has 1 aromatic carbocycles. The Morgan fingerprint density at radius 3 is 2.73 bits per heavy atom. The van der Waals surface area contributed by atoms with Crippen LogP contribution in [0, 0.1) is 11.7 Å². The standard InChI is InChI=1S/C18H24FNO2/c1-22-17-12-15(19)8-7-13(17)11-14-9-10-20(18(14)21)16-5-3-2-4-6-16/h7-8,12,14,16H,2-6,9-11H2,1H3. The molecule has 1 unspecified atom stereocenters. The lowest BCUT2D eigenvalue weighted by molar-refractivity contribution is -0.133. The Labute approximate surface area is 131 Å². The van der Waals surface area contributed by atoms with Crippen LogP contribution >= 0.6 is 0 Å². The quantitative estimate of drug-likeness (QED) is 0.851. The lowest BCUT2D eigenvalue weighted by atomic mass is 9.94. The fourth-order valence-electron chi connectivity index (χ4n) is 3.86. The van der Waals surface area contributed by atoms with Gasteiger partial charge in [0.25, 0.3) is 0 Å². The zero-order valence-corrected chi connectivity index (χ0v) is 13.2. The Morgan fingerprint density at radius 1 is 1.23 bits per heavy atom. The Balaban J connectivity index is 1.68. The Morgan fingerprint density at radius 2 is 2.00 bits per heavy atom. The topological polar surface area (TPSA) is 29.5 Å². The molecule has 22 heavy (non-hydrogen) atoms. The molecule has 1 atom stereocenters. The van der Waals surface area contributed by atoms with Crippen molar-refractivity contribution >= 4 is 5.91 Å². The van der Waals surface area contributed by atoms with Gasteiger partial charge in [-0.2, -0.15) is 0 Å². The summed E-state index contributed by atoms with van der Waals surface area (Å²) in [6.07, 6.45) is 7.63. The van der Waals surface area contributed by atoms with Crippen LogP contribution in [-0.2, 0) is 11.2 Å². The maximum atomic E-state index is 13.3. The molecule has 1 amide bonds. The van der Waals surface area contributed by atoms with Gasteiger partial charge in [0, 0.05) is 24.6 Å². The zero-order valence-electron chi connectivity index (χ0n) is 13.2. The molecule has 0 bridgehead atoms. The normalized spacial score (nSPS) is 23.1. The summed E-state index contributed by atoms with van der Waals surface area (Å²) in [6.45, 7) is 0.873. The number of benzene rings is 1. The third kappa shape index (κ3) is 3.11. The van der Waals surface area contributed by atoms with Crippen molar-refractivity contribution in [3.8, 4) is 5.75 Å². The van der Waals surface area contributed by atoms with Crippen LogP contribution in [0.5, 0.6) is 5.75 Å². The highest BCUT2D eigenvalue weighted by molar-refractivity contribution is 5.81. The van der Waals surface area contributed by atoms with Gasteiger partial charge in [0.1, 0.15) is 11.6 Å². The second kappa shape index (κ2) is 6.67. The number of ether oxygens (including phenoxy) is 1. The first-order valence-corrected chi connectivity index (χ1v) is 8.32. The van der Waals surface area contributed by atoms with Gasteiger partial charge in [-0.1, -0.05) is 25.3 Å². The molecule has 3 rings (SSSR count). The molecule has 1 saturated heterocycles. The van der Waals surface area contributed by atoms with Crippen LogP contribution in [0.1, 0.15) is 44.1 Å². The summed E-state index contributed by atoms with van der Waals surface area (Å²) < 4.78 is 18.5. The molecule has 0 spiro atoms. The van der Waals surface area contributed by atoms with Gasteiger partial charge in [-0.15, -0.1) is 0 Å². The molecule has 3 nitrogen and oxygen atoms in total. The molecule has 1 aromatic rings. The molecule has 2 fully saturated rings. The smallest absolute Gasteiger partial charge is 0.226 e. The minimum absolute atomic E-state index is 0.0151. The minimum Gasteiger partial charge on any atom is -0.496 e. The van der Waals surface area contributed by atoms with Gasteiger partial charge in [-0.3, -0.25) is 4.79 Å². The molecule has 1 aliphatic carbocycles. The molecular weight excluding hydrogens is 281 g/mol. The van der Waals surface area contributed by atoms with Crippen LogP contribution in [0.15, 0.2) is 18.2 Å². The molecule has 1 aliphatic heterocycles. The van der Waals surface area contributed by atoms with Crippen molar-refractivity contribution in [1.82, 2.24) is 4.90 Å². The molecule has 1 saturated carbocycles. The van der Waals surface area contributed by atoms with Crippen molar-refractivity contribution in [2.75, 3.05) is 13.7 Å². The van der Waals surface area contributed by atoms with E-state index < -0.39 is 0 Å². The van der Waals surface area contributed by atoms with Gasteiger partial charge in [0.05, 0.1) is 7.11 Å². The Kier molecular flexibility index (Phi) is 4.65. The number of carbonyl (C=O) groups is 1. The molecule has 2 aliphatic rings. The molecular formula is C18H24FNO2. The number of carbonyl (C=O) groups excluding carboxylic acids is 1. The number of methoxy groups -OCH3 is 1. The van der Waals surface area contributed by atoms with Crippen molar-refractivity contribution in [3.63, 3.8) is 0 Å². The second-order valence-electron chi connectivity index (χ2n) is 6.47. The highest BCUT2D eigenvalue weighted by atomic mass is 19.1. The lowest BCUT2D eigenvalue weighted by Crippen LogP contribution is -2.39. The number of halogens is 1. The molecule has 4 heteroatoms. The fraction of sp³-hybridized carbons (Fsp3) is 0.611. The predicted octanol–water partition coefficient (Wildman–Crippen LogP) is 3.56. The number of amides is 1. The van der Waals surface area contributed by atoms with Crippen LogP contribution in [0.25, 0.3) is 0 Å². The molecule has 0 radical (unpaired) electrons. The van der Waals surface area contributed by atoms with Gasteiger partial charge < -0.3 is 9.64 Å². The van der Waals surface area contributed by atoms with E-state index in [-0.39, 0.29) is 17.6 Å². The number of likely N-dealkylation sites (tertiary alicyclic amines) is 1.